The van der Waals surface area contributed by atoms with E-state index < -0.39 is 0 Å². The molecule has 3 aromatic rings. The molecule has 1 aliphatic heterocycles. The van der Waals surface area contributed by atoms with Gasteiger partial charge in [-0.15, -0.1) is 0 Å². The smallest absolute Gasteiger partial charge is 0.131 e. The van der Waals surface area contributed by atoms with Crippen LogP contribution in [-0.4, -0.2) is 28.0 Å². The fraction of sp³-hybridized carbons (Fsp3) is 0.320. The van der Waals surface area contributed by atoms with Crippen molar-refractivity contribution in [2.24, 2.45) is 0 Å². The van der Waals surface area contributed by atoms with Gasteiger partial charge in [0.1, 0.15) is 5.82 Å². The maximum atomic E-state index is 9.00. The average Bonchev–Trinajstić information content (AvgIpc) is 2.96. The standard InChI is InChI=1S/C25H25ClN4/c1-17(2)25-28-23-12-14-30(16-19-5-3-18(15-27)4-6-19)13-11-22(23)24(29-25)20-7-9-21(26)10-8-20/h3-10,17H,11-14,16H2,1-2H3. The van der Waals surface area contributed by atoms with E-state index in [1.165, 1.54) is 16.8 Å². The number of nitriles is 1. The largest absolute Gasteiger partial charge is 0.298 e. The number of nitrogens with zero attached hydrogens (tertiary/aromatic N) is 4. The highest BCUT2D eigenvalue weighted by atomic mass is 35.5. The van der Waals surface area contributed by atoms with Crippen LogP contribution in [0.25, 0.3) is 11.3 Å². The van der Waals surface area contributed by atoms with E-state index in [4.69, 9.17) is 26.8 Å². The number of benzene rings is 2. The lowest BCUT2D eigenvalue weighted by atomic mass is 10.00. The van der Waals surface area contributed by atoms with Gasteiger partial charge in [0.15, 0.2) is 0 Å². The van der Waals surface area contributed by atoms with E-state index >= 15 is 0 Å². The molecule has 1 aliphatic rings. The first-order valence-electron chi connectivity index (χ1n) is 10.4. The van der Waals surface area contributed by atoms with Gasteiger partial charge in [0.05, 0.1) is 17.3 Å². The van der Waals surface area contributed by atoms with Crippen LogP contribution in [0.2, 0.25) is 5.02 Å². The quantitative estimate of drug-likeness (QED) is 0.571. The second-order valence-electron chi connectivity index (χ2n) is 8.10. The monoisotopic (exact) mass is 416 g/mol. The molecule has 0 aliphatic carbocycles. The molecule has 152 valence electrons. The molecule has 0 fully saturated rings. The van der Waals surface area contributed by atoms with Gasteiger partial charge in [0, 0.05) is 53.8 Å². The Balaban J connectivity index is 1.62. The Labute approximate surface area is 183 Å². The van der Waals surface area contributed by atoms with Crippen molar-refractivity contribution in [2.75, 3.05) is 13.1 Å². The average molecular weight is 417 g/mol. The Kier molecular flexibility index (Phi) is 6.13. The minimum Gasteiger partial charge on any atom is -0.298 e. The zero-order valence-corrected chi connectivity index (χ0v) is 18.2. The minimum atomic E-state index is 0.277. The first kappa shape index (κ1) is 20.5. The molecule has 2 aromatic carbocycles. The van der Waals surface area contributed by atoms with Crippen LogP contribution >= 0.6 is 11.6 Å². The van der Waals surface area contributed by atoms with Crippen molar-refractivity contribution in [3.05, 3.63) is 81.8 Å². The molecule has 4 rings (SSSR count). The lowest BCUT2D eigenvalue weighted by molar-refractivity contribution is 0.279. The molecule has 0 bridgehead atoms. The van der Waals surface area contributed by atoms with Gasteiger partial charge in [-0.25, -0.2) is 9.97 Å². The molecular formula is C25H25ClN4. The van der Waals surface area contributed by atoms with Crippen LogP contribution in [0, 0.1) is 11.3 Å². The van der Waals surface area contributed by atoms with E-state index in [1.807, 2.05) is 36.4 Å². The van der Waals surface area contributed by atoms with E-state index in [9.17, 15) is 0 Å². The van der Waals surface area contributed by atoms with Crippen LogP contribution < -0.4 is 0 Å². The van der Waals surface area contributed by atoms with Crippen LogP contribution in [0.15, 0.2) is 48.5 Å². The third-order valence-corrected chi connectivity index (χ3v) is 5.83. The summed E-state index contributed by atoms with van der Waals surface area (Å²) in [7, 11) is 0. The number of hydrogen-bond donors (Lipinski definition) is 0. The fourth-order valence-corrected chi connectivity index (χ4v) is 4.00. The van der Waals surface area contributed by atoms with Gasteiger partial charge in [-0.2, -0.15) is 5.26 Å². The lowest BCUT2D eigenvalue weighted by Gasteiger charge is -2.19. The van der Waals surface area contributed by atoms with Crippen LogP contribution in [0.4, 0.5) is 0 Å². The number of rotatable bonds is 4. The molecule has 0 atom stereocenters. The van der Waals surface area contributed by atoms with E-state index in [-0.39, 0.29) is 5.92 Å². The first-order valence-corrected chi connectivity index (χ1v) is 10.8. The predicted octanol–water partition coefficient (Wildman–Crippen LogP) is 5.39. The summed E-state index contributed by atoms with van der Waals surface area (Å²) in [5.41, 5.74) is 6.49. The summed E-state index contributed by atoms with van der Waals surface area (Å²) in [6.07, 6.45) is 1.83. The summed E-state index contributed by atoms with van der Waals surface area (Å²) in [6.45, 7) is 7.07. The number of hydrogen-bond acceptors (Lipinski definition) is 4. The molecule has 0 spiro atoms. The molecule has 0 radical (unpaired) electrons. The van der Waals surface area contributed by atoms with Gasteiger partial charge in [-0.05, 0) is 36.2 Å². The highest BCUT2D eigenvalue weighted by Gasteiger charge is 2.22. The van der Waals surface area contributed by atoms with Gasteiger partial charge >= 0.3 is 0 Å². The fourth-order valence-electron chi connectivity index (χ4n) is 3.87. The number of aromatic nitrogens is 2. The highest BCUT2D eigenvalue weighted by Crippen LogP contribution is 2.29. The zero-order valence-electron chi connectivity index (χ0n) is 17.4. The van der Waals surface area contributed by atoms with Crippen LogP contribution in [-0.2, 0) is 19.4 Å². The van der Waals surface area contributed by atoms with Gasteiger partial charge in [-0.3, -0.25) is 4.90 Å². The van der Waals surface area contributed by atoms with Crippen LogP contribution in [0.3, 0.4) is 0 Å². The van der Waals surface area contributed by atoms with Crippen molar-refractivity contribution in [3.63, 3.8) is 0 Å². The molecule has 0 N–H and O–H groups in total. The second kappa shape index (κ2) is 8.95. The Morgan fingerprint density at radius 1 is 1.00 bits per heavy atom. The SMILES string of the molecule is CC(C)c1nc2c(c(-c3ccc(Cl)cc3)n1)CCN(Cc1ccc(C#N)cc1)CC2. The Hall–Kier alpha value is -2.74. The summed E-state index contributed by atoms with van der Waals surface area (Å²) in [5, 5.41) is 9.74. The maximum absolute atomic E-state index is 9.00. The van der Waals surface area contributed by atoms with E-state index in [1.54, 1.807) is 0 Å². The summed E-state index contributed by atoms with van der Waals surface area (Å²) >= 11 is 6.11. The Bertz CT molecular complexity index is 1070. The van der Waals surface area contributed by atoms with Crippen molar-refractivity contribution in [1.82, 2.24) is 14.9 Å². The van der Waals surface area contributed by atoms with Crippen LogP contribution in [0.5, 0.6) is 0 Å². The van der Waals surface area contributed by atoms with E-state index in [0.717, 1.165) is 54.6 Å². The molecule has 2 heterocycles. The van der Waals surface area contributed by atoms with E-state index in [2.05, 4.69) is 36.9 Å². The van der Waals surface area contributed by atoms with Gasteiger partial charge in [0.2, 0.25) is 0 Å². The second-order valence-corrected chi connectivity index (χ2v) is 8.54. The van der Waals surface area contributed by atoms with Crippen molar-refractivity contribution < 1.29 is 0 Å². The third-order valence-electron chi connectivity index (χ3n) is 5.58. The molecule has 0 saturated heterocycles. The van der Waals surface area contributed by atoms with Gasteiger partial charge < -0.3 is 0 Å². The van der Waals surface area contributed by atoms with E-state index in [0.29, 0.717) is 5.56 Å². The van der Waals surface area contributed by atoms with Crippen molar-refractivity contribution >= 4 is 11.6 Å². The zero-order chi connectivity index (χ0) is 21.1. The van der Waals surface area contributed by atoms with Crippen LogP contribution in [0.1, 0.15) is 48.0 Å². The first-order chi connectivity index (χ1) is 14.5. The van der Waals surface area contributed by atoms with Crippen molar-refractivity contribution in [3.8, 4) is 17.3 Å². The summed E-state index contributed by atoms with van der Waals surface area (Å²) < 4.78 is 0. The normalized spacial score (nSPS) is 14.2. The molecule has 0 unspecified atom stereocenters. The van der Waals surface area contributed by atoms with Gasteiger partial charge in [-0.1, -0.05) is 49.7 Å². The Morgan fingerprint density at radius 2 is 1.70 bits per heavy atom. The molecule has 5 heteroatoms. The molecule has 0 amide bonds. The topological polar surface area (TPSA) is 52.8 Å². The molecule has 0 saturated carbocycles. The molecule has 1 aromatic heterocycles. The molecule has 4 nitrogen and oxygen atoms in total. The summed E-state index contributed by atoms with van der Waals surface area (Å²) in [4.78, 5) is 12.4. The minimum absolute atomic E-state index is 0.277. The predicted molar refractivity (Wildman–Crippen MR) is 120 cm³/mol. The van der Waals surface area contributed by atoms with Crippen molar-refractivity contribution in [1.29, 1.82) is 5.26 Å². The lowest BCUT2D eigenvalue weighted by Crippen LogP contribution is -2.25. The Morgan fingerprint density at radius 3 is 2.37 bits per heavy atom. The van der Waals surface area contributed by atoms with Gasteiger partial charge in [0.25, 0.3) is 0 Å². The molecular weight excluding hydrogens is 392 g/mol. The maximum Gasteiger partial charge on any atom is 0.131 e. The van der Waals surface area contributed by atoms with Crippen molar-refractivity contribution in [2.45, 2.75) is 39.2 Å². The molecule has 30 heavy (non-hydrogen) atoms. The summed E-state index contributed by atoms with van der Waals surface area (Å²) in [6, 6.07) is 18.0. The highest BCUT2D eigenvalue weighted by molar-refractivity contribution is 6.30. The third kappa shape index (κ3) is 4.53. The number of fused-ring (bicyclic) bond motifs is 1. The summed E-state index contributed by atoms with van der Waals surface area (Å²) in [5.74, 6) is 1.18. The number of halogens is 1.